The third kappa shape index (κ3) is 2.91. The topological polar surface area (TPSA) is 25.2 Å². The van der Waals surface area contributed by atoms with Crippen LogP contribution in [0.2, 0.25) is 0 Å². The molecule has 0 saturated carbocycles. The van der Waals surface area contributed by atoms with Crippen LogP contribution in [-0.4, -0.2) is 0 Å². The Morgan fingerprint density at radius 3 is 2.82 bits per heavy atom. The summed E-state index contributed by atoms with van der Waals surface area (Å²) >= 11 is 0. The van der Waals surface area contributed by atoms with Crippen molar-refractivity contribution in [1.82, 2.24) is 5.32 Å². The molecule has 0 bridgehead atoms. The van der Waals surface area contributed by atoms with Gasteiger partial charge in [0.05, 0.1) is 12.5 Å². The number of rotatable bonds is 4. The molecule has 1 aromatic carbocycles. The number of benzene rings is 1. The maximum Gasteiger partial charge on any atom is 0.128 e. The summed E-state index contributed by atoms with van der Waals surface area (Å²) in [6, 6.07) is 5.02. The Kier molecular flexibility index (Phi) is 3.54. The van der Waals surface area contributed by atoms with Crippen LogP contribution in [0.5, 0.6) is 0 Å². The zero-order valence-corrected chi connectivity index (χ0v) is 9.41. The van der Waals surface area contributed by atoms with Crippen molar-refractivity contribution in [2.45, 2.75) is 19.5 Å². The summed E-state index contributed by atoms with van der Waals surface area (Å²) in [7, 11) is 0. The molecule has 0 saturated heterocycles. The maximum atomic E-state index is 13.5. The number of halogens is 2. The van der Waals surface area contributed by atoms with E-state index in [9.17, 15) is 8.78 Å². The Morgan fingerprint density at radius 1 is 1.29 bits per heavy atom. The lowest BCUT2D eigenvalue weighted by Crippen LogP contribution is -2.19. The summed E-state index contributed by atoms with van der Waals surface area (Å²) < 4.78 is 31.4. The second kappa shape index (κ2) is 5.10. The molecule has 0 aliphatic carbocycles. The summed E-state index contributed by atoms with van der Waals surface area (Å²) in [5.74, 6) is -0.836. The summed E-state index contributed by atoms with van der Waals surface area (Å²) in [5, 5.41) is 3.10. The van der Waals surface area contributed by atoms with Gasteiger partial charge in [-0.1, -0.05) is 0 Å². The van der Waals surface area contributed by atoms with Crippen LogP contribution < -0.4 is 5.32 Å². The Labute approximate surface area is 98.3 Å². The molecule has 0 aliphatic rings. The summed E-state index contributed by atoms with van der Waals surface area (Å²) in [6.07, 6.45) is 3.19. The largest absolute Gasteiger partial charge is 0.472 e. The molecule has 1 N–H and O–H groups in total. The fourth-order valence-corrected chi connectivity index (χ4v) is 1.62. The minimum absolute atomic E-state index is 0.263. The number of hydrogen-bond donors (Lipinski definition) is 1. The van der Waals surface area contributed by atoms with Gasteiger partial charge in [-0.3, -0.25) is 0 Å². The number of hydrogen-bond acceptors (Lipinski definition) is 2. The molecule has 0 radical (unpaired) electrons. The molecule has 0 amide bonds. The minimum Gasteiger partial charge on any atom is -0.472 e. The van der Waals surface area contributed by atoms with Gasteiger partial charge < -0.3 is 9.73 Å². The molecule has 1 unspecified atom stereocenters. The van der Waals surface area contributed by atoms with Gasteiger partial charge in [0, 0.05) is 23.7 Å². The van der Waals surface area contributed by atoms with Crippen LogP contribution >= 0.6 is 0 Å². The van der Waals surface area contributed by atoms with Crippen molar-refractivity contribution in [2.24, 2.45) is 0 Å². The SMILES string of the molecule is CC(NCc1ccoc1)c1cc(F)ccc1F. The van der Waals surface area contributed by atoms with E-state index in [4.69, 9.17) is 4.42 Å². The molecule has 1 heterocycles. The Bertz CT molecular complexity index is 482. The van der Waals surface area contributed by atoms with Crippen molar-refractivity contribution in [1.29, 1.82) is 0 Å². The van der Waals surface area contributed by atoms with E-state index in [1.54, 1.807) is 19.5 Å². The second-order valence-electron chi connectivity index (χ2n) is 3.90. The molecular weight excluding hydrogens is 224 g/mol. The average molecular weight is 237 g/mol. The predicted molar refractivity (Wildman–Crippen MR) is 60.3 cm³/mol. The van der Waals surface area contributed by atoms with Gasteiger partial charge in [-0.25, -0.2) is 8.78 Å². The third-order valence-corrected chi connectivity index (χ3v) is 2.62. The smallest absolute Gasteiger partial charge is 0.128 e. The van der Waals surface area contributed by atoms with E-state index in [-0.39, 0.29) is 6.04 Å². The Balaban J connectivity index is 2.04. The first kappa shape index (κ1) is 11.8. The van der Waals surface area contributed by atoms with Gasteiger partial charge in [-0.05, 0) is 31.2 Å². The second-order valence-corrected chi connectivity index (χ2v) is 3.90. The Morgan fingerprint density at radius 2 is 2.12 bits per heavy atom. The molecule has 0 spiro atoms. The van der Waals surface area contributed by atoms with Crippen LogP contribution in [0.1, 0.15) is 24.1 Å². The van der Waals surface area contributed by atoms with Gasteiger partial charge >= 0.3 is 0 Å². The summed E-state index contributed by atoms with van der Waals surface area (Å²) in [4.78, 5) is 0. The Hall–Kier alpha value is -1.68. The molecule has 4 heteroatoms. The van der Waals surface area contributed by atoms with Crippen molar-refractivity contribution < 1.29 is 13.2 Å². The normalized spacial score (nSPS) is 12.6. The van der Waals surface area contributed by atoms with Gasteiger partial charge in [-0.2, -0.15) is 0 Å². The van der Waals surface area contributed by atoms with Crippen molar-refractivity contribution >= 4 is 0 Å². The van der Waals surface area contributed by atoms with E-state index in [1.165, 1.54) is 6.07 Å². The van der Waals surface area contributed by atoms with Crippen molar-refractivity contribution in [3.63, 3.8) is 0 Å². The van der Waals surface area contributed by atoms with Crippen LogP contribution in [0, 0.1) is 11.6 Å². The first-order valence-electron chi connectivity index (χ1n) is 5.36. The maximum absolute atomic E-state index is 13.5. The van der Waals surface area contributed by atoms with E-state index in [0.29, 0.717) is 12.1 Å². The fraction of sp³-hybridized carbons (Fsp3) is 0.231. The van der Waals surface area contributed by atoms with Crippen molar-refractivity contribution in [3.05, 3.63) is 59.6 Å². The van der Waals surface area contributed by atoms with Crippen LogP contribution in [-0.2, 0) is 6.54 Å². The van der Waals surface area contributed by atoms with Crippen LogP contribution in [0.15, 0.2) is 41.2 Å². The highest BCUT2D eigenvalue weighted by Gasteiger charge is 2.11. The quantitative estimate of drug-likeness (QED) is 0.881. The zero-order valence-electron chi connectivity index (χ0n) is 9.41. The highest BCUT2D eigenvalue weighted by molar-refractivity contribution is 5.22. The molecule has 90 valence electrons. The van der Waals surface area contributed by atoms with E-state index in [2.05, 4.69) is 5.32 Å². The highest BCUT2D eigenvalue weighted by Crippen LogP contribution is 2.18. The monoisotopic (exact) mass is 237 g/mol. The zero-order chi connectivity index (χ0) is 12.3. The van der Waals surface area contributed by atoms with E-state index in [1.807, 2.05) is 6.07 Å². The first-order chi connectivity index (χ1) is 8.16. The minimum atomic E-state index is -0.432. The number of nitrogens with one attached hydrogen (secondary N) is 1. The highest BCUT2D eigenvalue weighted by atomic mass is 19.1. The van der Waals surface area contributed by atoms with E-state index < -0.39 is 11.6 Å². The number of furan rings is 1. The molecule has 1 aromatic heterocycles. The van der Waals surface area contributed by atoms with Crippen molar-refractivity contribution in [2.75, 3.05) is 0 Å². The van der Waals surface area contributed by atoms with Crippen LogP contribution in [0.25, 0.3) is 0 Å². The van der Waals surface area contributed by atoms with E-state index in [0.717, 1.165) is 17.7 Å². The lowest BCUT2D eigenvalue weighted by molar-refractivity contribution is 0.514. The average Bonchev–Trinajstić information content (AvgIpc) is 2.82. The van der Waals surface area contributed by atoms with E-state index >= 15 is 0 Å². The van der Waals surface area contributed by atoms with Gasteiger partial charge in [-0.15, -0.1) is 0 Å². The molecule has 2 nitrogen and oxygen atoms in total. The molecule has 0 aliphatic heterocycles. The molecule has 0 fully saturated rings. The summed E-state index contributed by atoms with van der Waals surface area (Å²) in [5.41, 5.74) is 1.29. The molecule has 2 aromatic rings. The van der Waals surface area contributed by atoms with Gasteiger partial charge in [0.1, 0.15) is 11.6 Å². The van der Waals surface area contributed by atoms with Gasteiger partial charge in [0.25, 0.3) is 0 Å². The van der Waals surface area contributed by atoms with Gasteiger partial charge in [0.2, 0.25) is 0 Å². The lowest BCUT2D eigenvalue weighted by atomic mass is 10.1. The predicted octanol–water partition coefficient (Wildman–Crippen LogP) is 3.41. The molecular formula is C13H13F2NO. The van der Waals surface area contributed by atoms with Crippen molar-refractivity contribution in [3.8, 4) is 0 Å². The molecule has 1 atom stereocenters. The molecule has 2 rings (SSSR count). The third-order valence-electron chi connectivity index (χ3n) is 2.62. The van der Waals surface area contributed by atoms with Crippen LogP contribution in [0.3, 0.4) is 0 Å². The lowest BCUT2D eigenvalue weighted by Gasteiger charge is -2.14. The standard InChI is InChI=1S/C13H13F2NO/c1-9(16-7-10-4-5-17-8-10)12-6-11(14)2-3-13(12)15/h2-6,8-9,16H,7H2,1H3. The first-order valence-corrected chi connectivity index (χ1v) is 5.36. The fourth-order valence-electron chi connectivity index (χ4n) is 1.62. The molecule has 17 heavy (non-hydrogen) atoms. The van der Waals surface area contributed by atoms with Gasteiger partial charge in [0.15, 0.2) is 0 Å². The summed E-state index contributed by atoms with van der Waals surface area (Å²) in [6.45, 7) is 2.34. The van der Waals surface area contributed by atoms with Crippen LogP contribution in [0.4, 0.5) is 8.78 Å².